The average molecular weight is 462 g/mol. The molecule has 0 radical (unpaired) electrons. The Labute approximate surface area is 174 Å². The number of nitro benzene ring substituents is 1. The predicted molar refractivity (Wildman–Crippen MR) is 102 cm³/mol. The topological polar surface area (TPSA) is 127 Å². The summed E-state index contributed by atoms with van der Waals surface area (Å²) in [5.41, 5.74) is -5.37. The number of halogens is 3. The Hall–Kier alpha value is -3.19. The van der Waals surface area contributed by atoms with Gasteiger partial charge in [0.2, 0.25) is 0 Å². The van der Waals surface area contributed by atoms with Gasteiger partial charge in [0, 0.05) is 24.2 Å². The molecule has 0 aliphatic carbocycles. The van der Waals surface area contributed by atoms with Gasteiger partial charge in [-0.25, -0.2) is 13.2 Å². The van der Waals surface area contributed by atoms with Gasteiger partial charge >= 0.3 is 12.1 Å². The number of rotatable bonds is 7. The number of carbonyl (C=O) groups is 1. The van der Waals surface area contributed by atoms with Crippen LogP contribution in [0.5, 0.6) is 0 Å². The van der Waals surface area contributed by atoms with Gasteiger partial charge in [0.15, 0.2) is 0 Å². The van der Waals surface area contributed by atoms with E-state index in [1.807, 2.05) is 0 Å². The highest BCUT2D eigenvalue weighted by atomic mass is 32.2. The van der Waals surface area contributed by atoms with Crippen molar-refractivity contribution < 1.29 is 41.2 Å². The Morgan fingerprint density at radius 2 is 1.77 bits per heavy atom. The number of anilines is 1. The molecule has 9 nitrogen and oxygen atoms in total. The molecule has 0 spiro atoms. The van der Waals surface area contributed by atoms with Crippen LogP contribution in [0.4, 0.5) is 24.5 Å². The minimum Gasteiger partial charge on any atom is -0.466 e. The lowest BCUT2D eigenvalue weighted by Gasteiger charge is -2.29. The molecule has 13 heteroatoms. The van der Waals surface area contributed by atoms with E-state index in [-0.39, 0.29) is 12.2 Å². The Morgan fingerprint density at radius 1 is 1.19 bits per heavy atom. The van der Waals surface area contributed by atoms with Crippen molar-refractivity contribution in [2.45, 2.75) is 23.6 Å². The second-order valence-electron chi connectivity index (χ2n) is 6.17. The van der Waals surface area contributed by atoms with Crippen LogP contribution in [0.25, 0.3) is 0 Å². The van der Waals surface area contributed by atoms with Crippen LogP contribution >= 0.6 is 0 Å². The van der Waals surface area contributed by atoms with Crippen molar-refractivity contribution in [2.24, 2.45) is 0 Å². The first kappa shape index (κ1) is 24.1. The minimum absolute atomic E-state index is 0.0906. The zero-order valence-electron chi connectivity index (χ0n) is 16.2. The summed E-state index contributed by atoms with van der Waals surface area (Å²) in [6.07, 6.45) is -5.40. The van der Waals surface area contributed by atoms with Crippen LogP contribution in [0, 0.1) is 10.1 Å². The summed E-state index contributed by atoms with van der Waals surface area (Å²) in [6, 6.07) is 7.69. The van der Waals surface area contributed by atoms with Crippen molar-refractivity contribution in [1.29, 1.82) is 0 Å². The third-order valence-corrected chi connectivity index (χ3v) is 6.27. The van der Waals surface area contributed by atoms with Crippen LogP contribution in [-0.4, -0.2) is 44.2 Å². The number of alkyl halides is 3. The Morgan fingerprint density at radius 3 is 2.23 bits per heavy atom. The maximum absolute atomic E-state index is 13.4. The van der Waals surface area contributed by atoms with Gasteiger partial charge in [0.1, 0.15) is 0 Å². The molecule has 2 aromatic rings. The van der Waals surface area contributed by atoms with E-state index >= 15 is 0 Å². The largest absolute Gasteiger partial charge is 0.466 e. The predicted octanol–water partition coefficient (Wildman–Crippen LogP) is 2.73. The molecule has 1 N–H and O–H groups in total. The summed E-state index contributed by atoms with van der Waals surface area (Å²) in [6.45, 7) is 1.29. The van der Waals surface area contributed by atoms with Gasteiger partial charge in [-0.05, 0) is 25.1 Å². The minimum atomic E-state index is -5.40. The van der Waals surface area contributed by atoms with Gasteiger partial charge in [0.25, 0.3) is 21.3 Å². The van der Waals surface area contributed by atoms with E-state index in [0.717, 1.165) is 46.8 Å². The van der Waals surface area contributed by atoms with Crippen molar-refractivity contribution in [2.75, 3.05) is 18.0 Å². The lowest BCUT2D eigenvalue weighted by atomic mass is 9.93. The Kier molecular flexibility index (Phi) is 6.61. The van der Waals surface area contributed by atoms with Crippen molar-refractivity contribution in [3.8, 4) is 0 Å². The van der Waals surface area contributed by atoms with Crippen LogP contribution in [0.15, 0.2) is 53.4 Å². The number of nitro groups is 1. The van der Waals surface area contributed by atoms with E-state index < -0.39 is 48.8 Å². The summed E-state index contributed by atoms with van der Waals surface area (Å²) < 4.78 is 70.8. The molecule has 0 amide bonds. The molecule has 2 aromatic carbocycles. The number of hydrogen-bond donors (Lipinski definition) is 1. The molecule has 0 aliphatic rings. The quantitative estimate of drug-likeness (QED) is 0.381. The van der Waals surface area contributed by atoms with Gasteiger partial charge < -0.3 is 9.84 Å². The molecule has 0 saturated carbocycles. The number of nitrogens with zero attached hydrogens (tertiary/aromatic N) is 2. The van der Waals surface area contributed by atoms with Crippen LogP contribution in [0.2, 0.25) is 0 Å². The van der Waals surface area contributed by atoms with Gasteiger partial charge in [-0.3, -0.25) is 14.4 Å². The number of non-ortho nitro benzene ring substituents is 1. The summed E-state index contributed by atoms with van der Waals surface area (Å²) in [5, 5.41) is 20.9. The molecular weight excluding hydrogens is 445 g/mol. The first-order valence-corrected chi connectivity index (χ1v) is 10.00. The molecule has 0 heterocycles. The van der Waals surface area contributed by atoms with Crippen LogP contribution in [-0.2, 0) is 25.2 Å². The SMILES string of the molecule is CCN(c1ccc(C(O)(C(=O)OC)C(F)(F)F)cc1)S(=O)(=O)c1cccc([N+](=O)[O-])c1. The number of aliphatic hydroxyl groups is 1. The Balaban J connectivity index is 2.52. The number of esters is 1. The van der Waals surface area contributed by atoms with Crippen LogP contribution in [0.1, 0.15) is 12.5 Å². The molecule has 1 unspecified atom stereocenters. The highest BCUT2D eigenvalue weighted by Crippen LogP contribution is 2.40. The zero-order valence-corrected chi connectivity index (χ0v) is 17.0. The van der Waals surface area contributed by atoms with Gasteiger partial charge in [0.05, 0.1) is 22.6 Å². The van der Waals surface area contributed by atoms with Gasteiger partial charge in [-0.1, -0.05) is 18.2 Å². The lowest BCUT2D eigenvalue weighted by Crippen LogP contribution is -2.49. The first-order valence-electron chi connectivity index (χ1n) is 8.56. The fraction of sp³-hybridized carbons (Fsp3) is 0.278. The van der Waals surface area contributed by atoms with E-state index in [2.05, 4.69) is 4.74 Å². The second-order valence-corrected chi connectivity index (χ2v) is 8.03. The number of ether oxygens (including phenoxy) is 1. The number of hydrogen-bond acceptors (Lipinski definition) is 7. The smallest absolute Gasteiger partial charge is 0.432 e. The van der Waals surface area contributed by atoms with E-state index in [1.165, 1.54) is 13.0 Å². The summed E-state index contributed by atoms with van der Waals surface area (Å²) in [5.74, 6) is -1.95. The van der Waals surface area contributed by atoms with Crippen molar-refractivity contribution in [3.05, 3.63) is 64.2 Å². The fourth-order valence-electron chi connectivity index (χ4n) is 2.79. The number of sulfonamides is 1. The molecule has 1 atom stereocenters. The maximum atomic E-state index is 13.4. The Bertz CT molecular complexity index is 1090. The molecular formula is C18H17F3N2O7S. The van der Waals surface area contributed by atoms with Crippen molar-refractivity contribution in [3.63, 3.8) is 0 Å². The molecule has 0 aliphatic heterocycles. The highest BCUT2D eigenvalue weighted by Gasteiger charge is 2.62. The van der Waals surface area contributed by atoms with Gasteiger partial charge in [-0.15, -0.1) is 0 Å². The maximum Gasteiger partial charge on any atom is 0.432 e. The molecule has 0 aromatic heterocycles. The second kappa shape index (κ2) is 8.51. The van der Waals surface area contributed by atoms with E-state index in [9.17, 15) is 41.6 Å². The molecule has 2 rings (SSSR count). The lowest BCUT2D eigenvalue weighted by molar-refractivity contribution is -0.385. The average Bonchev–Trinajstić information content (AvgIpc) is 2.72. The van der Waals surface area contributed by atoms with Gasteiger partial charge in [-0.2, -0.15) is 13.2 Å². The third kappa shape index (κ3) is 4.32. The fourth-order valence-corrected chi connectivity index (χ4v) is 4.30. The van der Waals surface area contributed by atoms with Crippen molar-refractivity contribution >= 4 is 27.4 Å². The zero-order chi connectivity index (χ0) is 23.6. The van der Waals surface area contributed by atoms with E-state index in [1.54, 1.807) is 0 Å². The summed E-state index contributed by atoms with van der Waals surface area (Å²) in [4.78, 5) is 21.4. The number of benzene rings is 2. The van der Waals surface area contributed by atoms with Crippen LogP contribution < -0.4 is 4.31 Å². The molecule has 0 bridgehead atoms. The standard InChI is InChI=1S/C18H17F3N2O7S/c1-3-22(31(28,29)15-6-4-5-14(11-15)23(26)27)13-9-7-12(8-10-13)17(25,16(24)30-2)18(19,20)21/h4-11,25H,3H2,1-2H3. The molecule has 0 fully saturated rings. The third-order valence-electron chi connectivity index (χ3n) is 4.37. The molecule has 31 heavy (non-hydrogen) atoms. The van der Waals surface area contributed by atoms with E-state index in [4.69, 9.17) is 0 Å². The monoisotopic (exact) mass is 462 g/mol. The van der Waals surface area contributed by atoms with E-state index in [0.29, 0.717) is 7.11 Å². The summed E-state index contributed by atoms with van der Waals surface area (Å²) >= 11 is 0. The summed E-state index contributed by atoms with van der Waals surface area (Å²) in [7, 11) is -3.63. The highest BCUT2D eigenvalue weighted by molar-refractivity contribution is 7.92. The number of methoxy groups -OCH3 is 1. The number of carbonyl (C=O) groups excluding carboxylic acids is 1. The molecule has 0 saturated heterocycles. The van der Waals surface area contributed by atoms with Crippen LogP contribution in [0.3, 0.4) is 0 Å². The normalized spacial score (nSPS) is 13.9. The molecule has 168 valence electrons. The van der Waals surface area contributed by atoms with Crippen molar-refractivity contribution in [1.82, 2.24) is 0 Å². The first-order chi connectivity index (χ1) is 14.3.